The van der Waals surface area contributed by atoms with E-state index in [9.17, 15) is 24.0 Å². The van der Waals surface area contributed by atoms with Crippen molar-refractivity contribution in [1.29, 1.82) is 0 Å². The maximum atomic E-state index is 12.8. The van der Waals surface area contributed by atoms with Crippen LogP contribution in [0.25, 0.3) is 0 Å². The largest absolute Gasteiger partial charge is 0.444 e. The summed E-state index contributed by atoms with van der Waals surface area (Å²) in [6, 6.07) is 10.2. The lowest BCUT2D eigenvalue weighted by Gasteiger charge is -2.35. The monoisotopic (exact) mass is 797 g/mol. The molecule has 0 aromatic heterocycles. The number of Topliss-reactive ketones (excluding diaryl/α,β-unsaturated/α-hetero) is 2. The van der Waals surface area contributed by atoms with Crippen LogP contribution >= 0.6 is 0 Å². The molecule has 2 N–H and O–H groups in total. The molecule has 5 aliphatic heterocycles. The van der Waals surface area contributed by atoms with Gasteiger partial charge >= 0.3 is 18.2 Å². The molecule has 4 amide bonds. The second kappa shape index (κ2) is 19.8. The molecule has 57 heavy (non-hydrogen) atoms. The number of hydrogen-bond donors (Lipinski definition) is 2. The Labute approximate surface area is 339 Å². The van der Waals surface area contributed by atoms with Crippen LogP contribution in [0.15, 0.2) is 30.3 Å². The number of nitrogens with zero attached hydrogens (tertiary/aromatic N) is 4. The van der Waals surface area contributed by atoms with Crippen molar-refractivity contribution in [1.82, 2.24) is 30.4 Å². The summed E-state index contributed by atoms with van der Waals surface area (Å²) in [5.41, 5.74) is 3.28. The minimum absolute atomic E-state index is 0.00871. The molecule has 5 heterocycles. The van der Waals surface area contributed by atoms with Crippen LogP contribution in [-0.2, 0) is 30.5 Å². The van der Waals surface area contributed by atoms with Gasteiger partial charge in [-0.15, -0.1) is 0 Å². The molecule has 1 aromatic rings. The maximum Gasteiger partial charge on any atom is 0.410 e. The first-order chi connectivity index (χ1) is 27.0. The number of ether oxygens (including phenoxy) is 2. The summed E-state index contributed by atoms with van der Waals surface area (Å²) in [4.78, 5) is 74.8. The number of hydroxylamine groups is 1. The Kier molecular flexibility index (Phi) is 15.4. The number of nitrogens with one attached hydrogen (secondary N) is 2. The predicted octanol–water partition coefficient (Wildman–Crippen LogP) is 5.93. The topological polar surface area (TPSA) is 150 Å². The van der Waals surface area contributed by atoms with Crippen LogP contribution in [0.4, 0.5) is 14.4 Å². The first-order valence-electron chi connectivity index (χ1n) is 21.1. The Morgan fingerprint density at radius 1 is 0.737 bits per heavy atom. The van der Waals surface area contributed by atoms with E-state index in [2.05, 4.69) is 10.8 Å². The first kappa shape index (κ1) is 44.4. The zero-order valence-electron chi connectivity index (χ0n) is 35.4. The highest BCUT2D eigenvalue weighted by molar-refractivity contribution is 5.90. The number of benzene rings is 1. The van der Waals surface area contributed by atoms with Crippen LogP contribution in [0.3, 0.4) is 0 Å². The normalized spacial score (nSPS) is 24.8. The molecular weight excluding hydrogens is 729 g/mol. The van der Waals surface area contributed by atoms with Crippen molar-refractivity contribution < 1.29 is 38.3 Å². The number of urea groups is 1. The molecule has 14 heteroatoms. The maximum absolute atomic E-state index is 12.8. The van der Waals surface area contributed by atoms with Crippen molar-refractivity contribution >= 4 is 29.8 Å². The highest BCUT2D eigenvalue weighted by Crippen LogP contribution is 2.32. The van der Waals surface area contributed by atoms with E-state index < -0.39 is 11.2 Å². The molecule has 4 atom stereocenters. The van der Waals surface area contributed by atoms with E-state index in [0.717, 1.165) is 63.5 Å². The van der Waals surface area contributed by atoms with Gasteiger partial charge in [0.2, 0.25) is 0 Å². The molecular formula is C43H68N6O8. The molecule has 0 radical (unpaired) electrons. The third kappa shape index (κ3) is 13.4. The summed E-state index contributed by atoms with van der Waals surface area (Å²) in [5, 5.41) is 3.38. The van der Waals surface area contributed by atoms with Crippen LogP contribution in [-0.4, -0.2) is 131 Å². The molecule has 14 nitrogen and oxygen atoms in total. The van der Waals surface area contributed by atoms with Gasteiger partial charge in [0.1, 0.15) is 17.0 Å². The van der Waals surface area contributed by atoms with Crippen molar-refractivity contribution in [2.75, 3.05) is 46.3 Å². The SMILES string of the molecule is CC(C)(C)OC(=O)N1CCC(CC(=O)C2CC[C@@H](NOCc3ccccc3)CN2)CC1.CN1C(=O)N2C[C@H]1CCC2C(=O)CC1CCN(C(=O)OC(C)(C)C)CC1. The molecule has 5 saturated heterocycles. The van der Waals surface area contributed by atoms with Gasteiger partial charge in [0.05, 0.1) is 24.7 Å². The predicted molar refractivity (Wildman–Crippen MR) is 216 cm³/mol. The Bertz CT molecular complexity index is 1510. The summed E-state index contributed by atoms with van der Waals surface area (Å²) >= 11 is 0. The van der Waals surface area contributed by atoms with Gasteiger partial charge in [-0.25, -0.2) is 14.4 Å². The van der Waals surface area contributed by atoms with E-state index in [1.54, 1.807) is 19.6 Å². The lowest BCUT2D eigenvalue weighted by atomic mass is 9.87. The number of ketones is 2. The molecule has 1 aromatic carbocycles. The molecule has 5 aliphatic rings. The number of likely N-dealkylation sites (tertiary alicyclic amines) is 2. The van der Waals surface area contributed by atoms with Gasteiger partial charge in [-0.3, -0.25) is 14.4 Å². The van der Waals surface area contributed by atoms with Gasteiger partial charge in [-0.2, -0.15) is 5.48 Å². The van der Waals surface area contributed by atoms with Crippen LogP contribution in [0.1, 0.15) is 111 Å². The van der Waals surface area contributed by atoms with Gasteiger partial charge in [-0.1, -0.05) is 30.3 Å². The Morgan fingerprint density at radius 3 is 1.79 bits per heavy atom. The van der Waals surface area contributed by atoms with Crippen molar-refractivity contribution in [3.63, 3.8) is 0 Å². The molecule has 0 spiro atoms. The number of carbonyl (C=O) groups excluding carboxylic acids is 5. The number of fused-ring (bicyclic) bond motifs is 2. The smallest absolute Gasteiger partial charge is 0.410 e. The second-order valence-electron chi connectivity index (χ2n) is 18.6. The van der Waals surface area contributed by atoms with Crippen LogP contribution in [0.5, 0.6) is 0 Å². The standard InChI is InChI=1S/C24H37N3O4.C19H31N3O4/c1-24(2,3)31-23(29)27-13-11-18(12-14-27)15-22(28)21-10-9-20(16-25-21)26-30-17-19-7-5-4-6-8-19;1-19(2,3)26-18(25)21-9-7-13(8-10-21)11-16(23)15-6-5-14-12-22(15)17(24)20(14)4/h4-8,18,20-21,25-26H,9-17H2,1-3H3;13-15H,5-12H2,1-4H3/t20-,21?;14-,15?/m11/s1. The third-order valence-corrected chi connectivity index (χ3v) is 11.7. The summed E-state index contributed by atoms with van der Waals surface area (Å²) in [6.07, 6.45) is 7.32. The van der Waals surface area contributed by atoms with Crippen LogP contribution < -0.4 is 10.8 Å². The average Bonchev–Trinajstić information content (AvgIpc) is 3.38. The third-order valence-electron chi connectivity index (χ3n) is 11.7. The quantitative estimate of drug-likeness (QED) is 0.273. The fraction of sp³-hybridized carbons (Fsp3) is 0.744. The van der Waals surface area contributed by atoms with Crippen molar-refractivity contribution in [2.24, 2.45) is 11.8 Å². The van der Waals surface area contributed by atoms with E-state index in [1.165, 1.54) is 0 Å². The Hall–Kier alpha value is -3.75. The number of rotatable bonds is 10. The number of carbonyl (C=O) groups is 5. The number of piperidine rings is 4. The number of amides is 4. The second-order valence-corrected chi connectivity index (χ2v) is 18.6. The average molecular weight is 797 g/mol. The Morgan fingerprint density at radius 2 is 1.28 bits per heavy atom. The van der Waals surface area contributed by atoms with Crippen LogP contribution in [0, 0.1) is 11.8 Å². The summed E-state index contributed by atoms with van der Waals surface area (Å²) in [7, 11) is 1.83. The summed E-state index contributed by atoms with van der Waals surface area (Å²) in [6.45, 7) is 15.7. The van der Waals surface area contributed by atoms with Gasteiger partial charge < -0.3 is 34.4 Å². The van der Waals surface area contributed by atoms with E-state index in [0.29, 0.717) is 63.9 Å². The van der Waals surface area contributed by atoms with Gasteiger partial charge in [0, 0.05) is 65.2 Å². The molecule has 2 unspecified atom stereocenters. The van der Waals surface area contributed by atoms with Gasteiger partial charge in [0.15, 0.2) is 5.78 Å². The summed E-state index contributed by atoms with van der Waals surface area (Å²) < 4.78 is 10.9. The van der Waals surface area contributed by atoms with E-state index in [4.69, 9.17) is 14.3 Å². The first-order valence-corrected chi connectivity index (χ1v) is 21.1. The Balaban J connectivity index is 0.000000221. The van der Waals surface area contributed by atoms with E-state index in [-0.39, 0.29) is 54.1 Å². The van der Waals surface area contributed by atoms with Crippen molar-refractivity contribution in [3.05, 3.63) is 35.9 Å². The minimum Gasteiger partial charge on any atom is -0.444 e. The fourth-order valence-corrected chi connectivity index (χ4v) is 8.36. The van der Waals surface area contributed by atoms with Crippen LogP contribution in [0.2, 0.25) is 0 Å². The zero-order valence-corrected chi connectivity index (χ0v) is 35.4. The molecule has 0 saturated carbocycles. The minimum atomic E-state index is -0.488. The number of likely N-dealkylation sites (N-methyl/N-ethyl adjacent to an activating group) is 1. The molecule has 5 fully saturated rings. The van der Waals surface area contributed by atoms with Crippen molar-refractivity contribution in [2.45, 2.75) is 148 Å². The molecule has 2 bridgehead atoms. The lowest BCUT2D eigenvalue weighted by Crippen LogP contribution is -2.51. The fourth-order valence-electron chi connectivity index (χ4n) is 8.36. The van der Waals surface area contributed by atoms with E-state index in [1.807, 2.05) is 78.9 Å². The highest BCUT2D eigenvalue weighted by atomic mass is 16.6. The van der Waals surface area contributed by atoms with Crippen molar-refractivity contribution in [3.8, 4) is 0 Å². The lowest BCUT2D eigenvalue weighted by molar-refractivity contribution is -0.125. The molecule has 0 aliphatic carbocycles. The van der Waals surface area contributed by atoms with E-state index >= 15 is 0 Å². The number of hydrogen-bond acceptors (Lipinski definition) is 10. The van der Waals surface area contributed by atoms with Gasteiger partial charge in [0.25, 0.3) is 0 Å². The molecule has 6 rings (SSSR count). The molecule has 318 valence electrons. The summed E-state index contributed by atoms with van der Waals surface area (Å²) in [5.74, 6) is 1.11. The zero-order chi connectivity index (χ0) is 41.3. The van der Waals surface area contributed by atoms with Gasteiger partial charge in [-0.05, 0) is 110 Å². The highest BCUT2D eigenvalue weighted by Gasteiger charge is 2.45.